The number of aliphatic imine (C=N–C) groups is 1. The van der Waals surface area contributed by atoms with E-state index in [1.807, 2.05) is 18.2 Å². The Balaban J connectivity index is 0.860. The summed E-state index contributed by atoms with van der Waals surface area (Å²) in [4.78, 5) is 5.13. The quantitative estimate of drug-likeness (QED) is 0.121. The van der Waals surface area contributed by atoms with E-state index in [4.69, 9.17) is 10.7 Å². The van der Waals surface area contributed by atoms with Gasteiger partial charge in [0.25, 0.3) is 0 Å². The second-order valence-corrected chi connectivity index (χ2v) is 16.1. The highest BCUT2D eigenvalue weighted by molar-refractivity contribution is 6.25. The van der Waals surface area contributed by atoms with Crippen molar-refractivity contribution >= 4 is 44.1 Å². The Morgan fingerprint density at radius 1 is 0.483 bits per heavy atom. The number of nitrogens with zero attached hydrogens (tertiary/aromatic N) is 1. The normalized spacial score (nSPS) is 16.2. The van der Waals surface area contributed by atoms with E-state index in [2.05, 4.69) is 206 Å². The molecule has 0 saturated heterocycles. The predicted octanol–water partition coefficient (Wildman–Crippen LogP) is 14.4. The van der Waals surface area contributed by atoms with Crippen LogP contribution >= 0.6 is 0 Å². The molecule has 0 radical (unpaired) electrons. The maximum Gasteiger partial charge on any atom is 0.123 e. The summed E-state index contributed by atoms with van der Waals surface area (Å²) in [6, 6.07) is 67.7. The van der Waals surface area contributed by atoms with E-state index < -0.39 is 6.17 Å². The summed E-state index contributed by atoms with van der Waals surface area (Å²) in [6.07, 6.45) is 13.7. The van der Waals surface area contributed by atoms with Crippen molar-refractivity contribution in [3.63, 3.8) is 0 Å². The number of benzene rings is 9. The molecule has 0 bridgehead atoms. The van der Waals surface area contributed by atoms with E-state index in [1.165, 1.54) is 65.7 Å². The molecule has 0 aliphatic heterocycles. The van der Waals surface area contributed by atoms with Crippen LogP contribution in [0.1, 0.15) is 40.4 Å². The SMILES string of the molecule is NC(N=C(/C=C/c1ccccc1)c1ccc(-c2ccc(-c3ccc4c(c3)C43C=CC=CC3)cc2)cc1)c1ccc(-c2ccc3c4ccccc4c4ccccc4c3c2)cc1. The van der Waals surface area contributed by atoms with E-state index in [1.54, 1.807) is 0 Å². The molecule has 0 saturated carbocycles. The molecule has 11 rings (SSSR count). The summed E-state index contributed by atoms with van der Waals surface area (Å²) < 4.78 is 0. The summed E-state index contributed by atoms with van der Waals surface area (Å²) in [5.41, 5.74) is 21.0. The lowest BCUT2D eigenvalue weighted by Gasteiger charge is -2.13. The molecular formula is C58H42N2. The lowest BCUT2D eigenvalue weighted by molar-refractivity contribution is 0.778. The molecule has 2 aliphatic carbocycles. The third-order valence-corrected chi connectivity index (χ3v) is 12.6. The van der Waals surface area contributed by atoms with Crippen LogP contribution in [-0.2, 0) is 5.41 Å². The van der Waals surface area contributed by atoms with Crippen molar-refractivity contribution in [3.05, 3.63) is 246 Å². The first-order valence-electron chi connectivity index (χ1n) is 20.8. The first-order valence-corrected chi connectivity index (χ1v) is 20.8. The number of allylic oxidation sites excluding steroid dienone is 5. The van der Waals surface area contributed by atoms with E-state index in [9.17, 15) is 0 Å². The van der Waals surface area contributed by atoms with Crippen LogP contribution in [0.15, 0.2) is 223 Å². The minimum Gasteiger partial charge on any atom is -0.306 e. The van der Waals surface area contributed by atoms with Gasteiger partial charge in [0.1, 0.15) is 6.17 Å². The first kappa shape index (κ1) is 35.7. The van der Waals surface area contributed by atoms with Crippen molar-refractivity contribution in [1.82, 2.24) is 0 Å². The summed E-state index contributed by atoms with van der Waals surface area (Å²) in [6.45, 7) is 0. The smallest absolute Gasteiger partial charge is 0.123 e. The lowest BCUT2D eigenvalue weighted by Crippen LogP contribution is -2.11. The molecule has 2 nitrogen and oxygen atoms in total. The van der Waals surface area contributed by atoms with Crippen LogP contribution < -0.4 is 5.73 Å². The van der Waals surface area contributed by atoms with Crippen LogP contribution in [-0.4, -0.2) is 5.71 Å². The zero-order chi connectivity index (χ0) is 40.0. The molecule has 284 valence electrons. The second-order valence-electron chi connectivity index (χ2n) is 16.1. The Morgan fingerprint density at radius 2 is 1.00 bits per heavy atom. The number of hydrogen-bond donors (Lipinski definition) is 1. The van der Waals surface area contributed by atoms with Gasteiger partial charge in [0.05, 0.1) is 5.71 Å². The van der Waals surface area contributed by atoms with Gasteiger partial charge in [0, 0.05) is 5.41 Å². The van der Waals surface area contributed by atoms with E-state index >= 15 is 0 Å². The highest BCUT2D eigenvalue weighted by Gasteiger charge is 2.47. The number of fused-ring (bicyclic) bond motifs is 9. The molecule has 9 aromatic carbocycles. The molecule has 2 unspecified atom stereocenters. The van der Waals surface area contributed by atoms with Crippen LogP contribution in [0.4, 0.5) is 0 Å². The van der Waals surface area contributed by atoms with Gasteiger partial charge < -0.3 is 5.73 Å². The minimum absolute atomic E-state index is 0.132. The van der Waals surface area contributed by atoms with Gasteiger partial charge in [-0.05, 0) is 118 Å². The molecule has 2 heteroatoms. The van der Waals surface area contributed by atoms with Gasteiger partial charge in [-0.25, -0.2) is 0 Å². The van der Waals surface area contributed by atoms with Crippen LogP contribution in [0.25, 0.3) is 71.8 Å². The molecular weight excluding hydrogens is 725 g/mol. The molecule has 0 fully saturated rings. The van der Waals surface area contributed by atoms with Gasteiger partial charge in [-0.1, -0.05) is 206 Å². The largest absolute Gasteiger partial charge is 0.306 e. The maximum atomic E-state index is 6.89. The van der Waals surface area contributed by atoms with Crippen molar-refractivity contribution in [1.29, 1.82) is 0 Å². The molecule has 2 aliphatic rings. The van der Waals surface area contributed by atoms with E-state index in [0.717, 1.165) is 39.9 Å². The fraction of sp³-hybridized carbons (Fsp3) is 0.0517. The Morgan fingerprint density at radius 3 is 1.63 bits per heavy atom. The third-order valence-electron chi connectivity index (χ3n) is 12.6. The Hall–Kier alpha value is -7.39. The monoisotopic (exact) mass is 766 g/mol. The van der Waals surface area contributed by atoms with Gasteiger partial charge in [0.15, 0.2) is 0 Å². The minimum atomic E-state index is -0.542. The van der Waals surface area contributed by atoms with Crippen molar-refractivity contribution in [2.75, 3.05) is 0 Å². The zero-order valence-electron chi connectivity index (χ0n) is 33.2. The summed E-state index contributed by atoms with van der Waals surface area (Å²) in [5, 5.41) is 7.65. The Kier molecular flexibility index (Phi) is 8.80. The number of rotatable bonds is 8. The number of nitrogens with two attached hydrogens (primary N) is 1. The van der Waals surface area contributed by atoms with E-state index in [-0.39, 0.29) is 5.41 Å². The average molecular weight is 767 g/mol. The van der Waals surface area contributed by atoms with Gasteiger partial charge in [-0.2, -0.15) is 0 Å². The summed E-state index contributed by atoms with van der Waals surface area (Å²) in [5.74, 6) is 0. The van der Waals surface area contributed by atoms with Crippen LogP contribution in [0.5, 0.6) is 0 Å². The molecule has 1 spiro atoms. The number of hydrogen-bond acceptors (Lipinski definition) is 2. The fourth-order valence-corrected chi connectivity index (χ4v) is 9.23. The van der Waals surface area contributed by atoms with Crippen molar-refractivity contribution in [2.45, 2.75) is 18.0 Å². The molecule has 2 N–H and O–H groups in total. The predicted molar refractivity (Wildman–Crippen MR) is 254 cm³/mol. The Labute approximate surface area is 351 Å². The molecule has 0 aromatic heterocycles. The van der Waals surface area contributed by atoms with Gasteiger partial charge >= 0.3 is 0 Å². The molecule has 0 amide bonds. The molecule has 0 heterocycles. The highest BCUT2D eigenvalue weighted by atomic mass is 14.9. The maximum absolute atomic E-state index is 6.89. The van der Waals surface area contributed by atoms with Crippen LogP contribution in [0, 0.1) is 0 Å². The summed E-state index contributed by atoms with van der Waals surface area (Å²) >= 11 is 0. The molecule has 2 atom stereocenters. The zero-order valence-corrected chi connectivity index (χ0v) is 33.2. The molecule has 9 aromatic rings. The summed E-state index contributed by atoms with van der Waals surface area (Å²) in [7, 11) is 0. The van der Waals surface area contributed by atoms with Crippen molar-refractivity contribution in [2.24, 2.45) is 10.7 Å². The average Bonchev–Trinajstić information content (AvgIpc) is 3.93. The van der Waals surface area contributed by atoms with Crippen molar-refractivity contribution < 1.29 is 0 Å². The highest BCUT2D eigenvalue weighted by Crippen LogP contribution is 2.56. The third kappa shape index (κ3) is 6.39. The first-order chi connectivity index (χ1) is 29.6. The van der Waals surface area contributed by atoms with E-state index in [0.29, 0.717) is 0 Å². The Bertz CT molecular complexity index is 3170. The second kappa shape index (κ2) is 14.8. The standard InChI is InChI=1S/C58H42N2/c59-57(45-28-24-42(25-29-45)46-30-32-52-50-15-6-5-13-48(50)49-14-7-8-16-51(49)53(52)37-46)60-56(34-17-39-11-3-1-4-12-39)44-26-22-41(23-27-44)40-18-20-43(21-19-40)47-31-33-54-55(38-47)58(54)35-9-2-10-36-58/h1-35,37-38,57H,36,59H2/b34-17+,60-56?. The molecule has 60 heavy (non-hydrogen) atoms. The fourth-order valence-electron chi connectivity index (χ4n) is 9.23. The van der Waals surface area contributed by atoms with Gasteiger partial charge in [-0.3, -0.25) is 4.99 Å². The van der Waals surface area contributed by atoms with Gasteiger partial charge in [0.2, 0.25) is 0 Å². The van der Waals surface area contributed by atoms with Gasteiger partial charge in [-0.15, -0.1) is 0 Å². The topological polar surface area (TPSA) is 38.4 Å². The van der Waals surface area contributed by atoms with Crippen LogP contribution in [0.3, 0.4) is 0 Å². The van der Waals surface area contributed by atoms with Crippen LogP contribution in [0.2, 0.25) is 0 Å². The van der Waals surface area contributed by atoms with Crippen molar-refractivity contribution in [3.8, 4) is 33.4 Å². The lowest BCUT2D eigenvalue weighted by atomic mass is 9.92.